The summed E-state index contributed by atoms with van der Waals surface area (Å²) in [5.41, 5.74) is 3.75. The molecule has 98 valence electrons. The number of urea groups is 1. The molecule has 0 aliphatic carbocycles. The number of amides is 2. The molecule has 0 spiro atoms. The Morgan fingerprint density at radius 2 is 1.74 bits per heavy atom. The standard InChI is InChI=1S/C14H15N3O2/c15-17-14(18)16-12-6-8-13(9-7-12)19-10-11-4-2-1-3-5-11/h1-9H,10,15H2,(H2,16,17,18). The third kappa shape index (κ3) is 4.01. The fraction of sp³-hybridized carbons (Fsp3) is 0.0714. The predicted octanol–water partition coefficient (Wildman–Crippen LogP) is 2.26. The van der Waals surface area contributed by atoms with Crippen molar-refractivity contribution in [2.45, 2.75) is 6.61 Å². The first-order valence-corrected chi connectivity index (χ1v) is 5.82. The van der Waals surface area contributed by atoms with Crippen LogP contribution in [0.5, 0.6) is 5.75 Å². The molecule has 0 aliphatic rings. The molecule has 2 aromatic rings. The van der Waals surface area contributed by atoms with Crippen molar-refractivity contribution in [2.24, 2.45) is 5.84 Å². The van der Waals surface area contributed by atoms with Crippen molar-refractivity contribution in [3.8, 4) is 5.75 Å². The number of rotatable bonds is 4. The average molecular weight is 257 g/mol. The van der Waals surface area contributed by atoms with Gasteiger partial charge in [-0.05, 0) is 29.8 Å². The Bertz CT molecular complexity index is 526. The molecule has 0 saturated heterocycles. The van der Waals surface area contributed by atoms with E-state index in [9.17, 15) is 4.79 Å². The van der Waals surface area contributed by atoms with Crippen LogP contribution in [0.25, 0.3) is 0 Å². The third-order valence-electron chi connectivity index (χ3n) is 2.49. The van der Waals surface area contributed by atoms with E-state index in [0.29, 0.717) is 12.3 Å². The van der Waals surface area contributed by atoms with Crippen LogP contribution < -0.4 is 21.3 Å². The molecule has 5 heteroatoms. The molecule has 0 saturated carbocycles. The fourth-order valence-corrected chi connectivity index (χ4v) is 1.54. The molecular formula is C14H15N3O2. The van der Waals surface area contributed by atoms with Gasteiger partial charge in [-0.3, -0.25) is 5.43 Å². The van der Waals surface area contributed by atoms with Gasteiger partial charge in [0.05, 0.1) is 0 Å². The van der Waals surface area contributed by atoms with E-state index in [1.165, 1.54) is 0 Å². The summed E-state index contributed by atoms with van der Waals surface area (Å²) in [5, 5.41) is 2.56. The molecule has 0 radical (unpaired) electrons. The lowest BCUT2D eigenvalue weighted by Gasteiger charge is -2.08. The quantitative estimate of drug-likeness (QED) is 0.446. The van der Waals surface area contributed by atoms with Gasteiger partial charge in [-0.1, -0.05) is 30.3 Å². The fourth-order valence-electron chi connectivity index (χ4n) is 1.54. The first kappa shape index (κ1) is 12.9. The summed E-state index contributed by atoms with van der Waals surface area (Å²) in [7, 11) is 0. The van der Waals surface area contributed by atoms with Gasteiger partial charge in [-0.2, -0.15) is 0 Å². The summed E-state index contributed by atoms with van der Waals surface area (Å²) >= 11 is 0. The molecule has 2 amide bonds. The monoisotopic (exact) mass is 257 g/mol. The summed E-state index contributed by atoms with van der Waals surface area (Å²) in [6.45, 7) is 0.511. The van der Waals surface area contributed by atoms with Gasteiger partial charge in [0.25, 0.3) is 0 Å². The van der Waals surface area contributed by atoms with Gasteiger partial charge in [0.1, 0.15) is 12.4 Å². The zero-order valence-electron chi connectivity index (χ0n) is 10.3. The third-order valence-corrected chi connectivity index (χ3v) is 2.49. The zero-order valence-corrected chi connectivity index (χ0v) is 10.3. The minimum Gasteiger partial charge on any atom is -0.489 e. The van der Waals surface area contributed by atoms with Gasteiger partial charge in [-0.15, -0.1) is 0 Å². The molecule has 0 fully saturated rings. The first-order chi connectivity index (χ1) is 9.28. The summed E-state index contributed by atoms with van der Waals surface area (Å²) < 4.78 is 5.63. The lowest BCUT2D eigenvalue weighted by Crippen LogP contribution is -2.34. The Balaban J connectivity index is 1.90. The molecule has 4 N–H and O–H groups in total. The lowest BCUT2D eigenvalue weighted by molar-refractivity contribution is 0.252. The van der Waals surface area contributed by atoms with E-state index in [1.54, 1.807) is 24.3 Å². The Kier molecular flexibility index (Phi) is 4.36. The van der Waals surface area contributed by atoms with Crippen LogP contribution >= 0.6 is 0 Å². The number of nitrogens with one attached hydrogen (secondary N) is 2. The maximum Gasteiger partial charge on any atom is 0.333 e. The number of ether oxygens (including phenoxy) is 1. The average Bonchev–Trinajstić information content (AvgIpc) is 2.47. The van der Waals surface area contributed by atoms with E-state index in [1.807, 2.05) is 35.8 Å². The minimum absolute atomic E-state index is 0.460. The smallest absolute Gasteiger partial charge is 0.333 e. The largest absolute Gasteiger partial charge is 0.489 e. The van der Waals surface area contributed by atoms with Crippen molar-refractivity contribution < 1.29 is 9.53 Å². The van der Waals surface area contributed by atoms with Crippen molar-refractivity contribution in [3.63, 3.8) is 0 Å². The highest BCUT2D eigenvalue weighted by atomic mass is 16.5. The van der Waals surface area contributed by atoms with E-state index in [0.717, 1.165) is 11.3 Å². The Hall–Kier alpha value is -2.53. The molecule has 5 nitrogen and oxygen atoms in total. The van der Waals surface area contributed by atoms with Gasteiger partial charge < -0.3 is 10.1 Å². The summed E-state index contributed by atoms with van der Waals surface area (Å²) in [6, 6.07) is 16.5. The van der Waals surface area contributed by atoms with Crippen molar-refractivity contribution in [1.82, 2.24) is 5.43 Å². The highest BCUT2D eigenvalue weighted by molar-refractivity contribution is 5.88. The maximum atomic E-state index is 11.0. The van der Waals surface area contributed by atoms with E-state index < -0.39 is 6.03 Å². The Morgan fingerprint density at radius 1 is 1.05 bits per heavy atom. The van der Waals surface area contributed by atoms with Crippen molar-refractivity contribution >= 4 is 11.7 Å². The van der Waals surface area contributed by atoms with E-state index in [4.69, 9.17) is 10.6 Å². The second-order valence-electron chi connectivity index (χ2n) is 3.90. The maximum absolute atomic E-state index is 11.0. The van der Waals surface area contributed by atoms with Gasteiger partial charge in [0, 0.05) is 5.69 Å². The van der Waals surface area contributed by atoms with Crippen LogP contribution in [0.4, 0.5) is 10.5 Å². The highest BCUT2D eigenvalue weighted by Crippen LogP contribution is 2.16. The van der Waals surface area contributed by atoms with Gasteiger partial charge >= 0.3 is 6.03 Å². The van der Waals surface area contributed by atoms with E-state index >= 15 is 0 Å². The molecule has 0 aliphatic heterocycles. The van der Waals surface area contributed by atoms with Crippen LogP contribution in [0.1, 0.15) is 5.56 Å². The summed E-state index contributed by atoms with van der Waals surface area (Å²) in [6.07, 6.45) is 0. The van der Waals surface area contributed by atoms with Gasteiger partial charge in [0.2, 0.25) is 0 Å². The molecule has 0 heterocycles. The second kappa shape index (κ2) is 6.42. The lowest BCUT2D eigenvalue weighted by atomic mass is 10.2. The van der Waals surface area contributed by atoms with Gasteiger partial charge in [-0.25, -0.2) is 10.6 Å². The molecule has 0 aromatic heterocycles. The highest BCUT2D eigenvalue weighted by Gasteiger charge is 1.99. The van der Waals surface area contributed by atoms with Crippen LogP contribution in [0.2, 0.25) is 0 Å². The van der Waals surface area contributed by atoms with Crippen LogP contribution in [-0.4, -0.2) is 6.03 Å². The second-order valence-corrected chi connectivity index (χ2v) is 3.90. The number of benzene rings is 2. The molecule has 0 atom stereocenters. The predicted molar refractivity (Wildman–Crippen MR) is 73.6 cm³/mol. The topological polar surface area (TPSA) is 76.4 Å². The Labute approximate surface area is 111 Å². The number of anilines is 1. The minimum atomic E-state index is -0.460. The SMILES string of the molecule is NNC(=O)Nc1ccc(OCc2ccccc2)cc1. The summed E-state index contributed by atoms with van der Waals surface area (Å²) in [4.78, 5) is 11.0. The number of carbonyl (C=O) groups excluding carboxylic acids is 1. The van der Waals surface area contributed by atoms with Crippen molar-refractivity contribution in [1.29, 1.82) is 0 Å². The molecule has 19 heavy (non-hydrogen) atoms. The number of hydrogen-bond donors (Lipinski definition) is 3. The van der Waals surface area contributed by atoms with Crippen molar-refractivity contribution in [2.75, 3.05) is 5.32 Å². The Morgan fingerprint density at radius 3 is 2.37 bits per heavy atom. The van der Waals surface area contributed by atoms with Gasteiger partial charge in [0.15, 0.2) is 0 Å². The number of hydrazine groups is 1. The van der Waals surface area contributed by atoms with E-state index in [-0.39, 0.29) is 0 Å². The number of carbonyl (C=O) groups is 1. The van der Waals surface area contributed by atoms with Crippen LogP contribution in [-0.2, 0) is 6.61 Å². The normalized spacial score (nSPS) is 9.74. The molecule has 0 bridgehead atoms. The van der Waals surface area contributed by atoms with Crippen LogP contribution in [0.15, 0.2) is 54.6 Å². The van der Waals surface area contributed by atoms with Crippen LogP contribution in [0, 0.1) is 0 Å². The van der Waals surface area contributed by atoms with Crippen molar-refractivity contribution in [3.05, 3.63) is 60.2 Å². The van der Waals surface area contributed by atoms with Crippen LogP contribution in [0.3, 0.4) is 0 Å². The molecule has 2 aromatic carbocycles. The molecule has 2 rings (SSSR count). The number of nitrogens with two attached hydrogens (primary N) is 1. The number of hydrogen-bond acceptors (Lipinski definition) is 3. The zero-order chi connectivity index (χ0) is 13.5. The molecule has 0 unspecified atom stereocenters. The summed E-state index contributed by atoms with van der Waals surface area (Å²) in [5.74, 6) is 5.71. The van der Waals surface area contributed by atoms with E-state index in [2.05, 4.69) is 5.32 Å². The molecular weight excluding hydrogens is 242 g/mol. The first-order valence-electron chi connectivity index (χ1n) is 5.82.